The van der Waals surface area contributed by atoms with Gasteiger partial charge in [0.1, 0.15) is 0 Å². The summed E-state index contributed by atoms with van der Waals surface area (Å²) in [5.74, 6) is 0. The van der Waals surface area contributed by atoms with E-state index in [2.05, 4.69) is 30.1 Å². The molecule has 1 fully saturated rings. The minimum Gasteiger partial charge on any atom is -0.320 e. The van der Waals surface area contributed by atoms with Crippen LogP contribution in [0.2, 0.25) is 0 Å². The molecule has 0 unspecified atom stereocenters. The number of benzene rings is 1. The van der Waals surface area contributed by atoms with Gasteiger partial charge < -0.3 is 5.73 Å². The predicted octanol–water partition coefficient (Wildman–Crippen LogP) is 4.86. The fraction of sp³-hybridized carbons (Fsp3) is 0.421. The number of nitrogens with zero attached hydrogens (tertiary/aromatic N) is 1. The summed E-state index contributed by atoms with van der Waals surface area (Å²) in [6.07, 6.45) is 8.77. The molecule has 2 aromatic rings. The van der Waals surface area contributed by atoms with Crippen molar-refractivity contribution in [3.8, 4) is 0 Å². The van der Waals surface area contributed by atoms with Crippen LogP contribution in [0.3, 0.4) is 0 Å². The monoisotopic (exact) mass is 312 g/mol. The van der Waals surface area contributed by atoms with Crippen LogP contribution >= 0.6 is 11.8 Å². The SMILES string of the molecule is Cc1cc(SC2CCCCC2)ncc1[C@@H](N)c1ccccc1. The molecule has 2 N–H and O–H groups in total. The molecule has 0 radical (unpaired) electrons. The van der Waals surface area contributed by atoms with Crippen molar-refractivity contribution in [3.05, 3.63) is 59.3 Å². The number of nitrogens with two attached hydrogens (primary N) is 1. The van der Waals surface area contributed by atoms with Gasteiger partial charge in [-0.25, -0.2) is 4.98 Å². The Kier molecular flexibility index (Phi) is 5.16. The maximum atomic E-state index is 6.40. The number of hydrogen-bond donors (Lipinski definition) is 1. The largest absolute Gasteiger partial charge is 0.320 e. The zero-order valence-electron chi connectivity index (χ0n) is 13.2. The highest BCUT2D eigenvalue weighted by Gasteiger charge is 2.17. The third kappa shape index (κ3) is 3.71. The lowest BCUT2D eigenvalue weighted by Gasteiger charge is -2.21. The van der Waals surface area contributed by atoms with Gasteiger partial charge in [0.25, 0.3) is 0 Å². The van der Waals surface area contributed by atoms with Crippen molar-refractivity contribution in [2.45, 2.75) is 55.3 Å². The summed E-state index contributed by atoms with van der Waals surface area (Å²) in [6.45, 7) is 2.14. The second-order valence-corrected chi connectivity index (χ2v) is 7.47. The molecular weight excluding hydrogens is 288 g/mol. The van der Waals surface area contributed by atoms with E-state index in [1.54, 1.807) is 0 Å². The molecule has 2 nitrogen and oxygen atoms in total. The fourth-order valence-electron chi connectivity index (χ4n) is 3.12. The molecule has 22 heavy (non-hydrogen) atoms. The molecule has 3 rings (SSSR count). The molecule has 1 saturated carbocycles. The first-order chi connectivity index (χ1) is 10.7. The van der Waals surface area contributed by atoms with E-state index in [0.717, 1.165) is 21.4 Å². The van der Waals surface area contributed by atoms with Crippen LogP contribution in [0.1, 0.15) is 54.8 Å². The van der Waals surface area contributed by atoms with Gasteiger partial charge in [-0.3, -0.25) is 0 Å². The number of thioether (sulfide) groups is 1. The number of hydrogen-bond acceptors (Lipinski definition) is 3. The van der Waals surface area contributed by atoms with Crippen molar-refractivity contribution in [2.24, 2.45) is 5.73 Å². The zero-order chi connectivity index (χ0) is 15.4. The molecule has 0 bridgehead atoms. The van der Waals surface area contributed by atoms with Gasteiger partial charge in [-0.15, -0.1) is 11.8 Å². The first-order valence-corrected chi connectivity index (χ1v) is 9.06. The van der Waals surface area contributed by atoms with Crippen molar-refractivity contribution >= 4 is 11.8 Å². The molecule has 116 valence electrons. The number of aryl methyl sites for hydroxylation is 1. The summed E-state index contributed by atoms with van der Waals surface area (Å²) in [5, 5.41) is 1.89. The van der Waals surface area contributed by atoms with Crippen molar-refractivity contribution < 1.29 is 0 Å². The second kappa shape index (κ2) is 7.30. The summed E-state index contributed by atoms with van der Waals surface area (Å²) in [7, 11) is 0. The van der Waals surface area contributed by atoms with Crippen LogP contribution in [-0.2, 0) is 0 Å². The van der Waals surface area contributed by atoms with Crippen LogP contribution in [-0.4, -0.2) is 10.2 Å². The van der Waals surface area contributed by atoms with Gasteiger partial charge in [-0.05, 0) is 42.5 Å². The Labute approximate surface area is 137 Å². The average molecular weight is 312 g/mol. The molecule has 1 aromatic carbocycles. The maximum absolute atomic E-state index is 6.40. The summed E-state index contributed by atoms with van der Waals surface area (Å²) in [6, 6.07) is 12.4. The number of rotatable bonds is 4. The normalized spacial score (nSPS) is 17.4. The highest BCUT2D eigenvalue weighted by molar-refractivity contribution is 7.99. The minimum atomic E-state index is -0.0950. The van der Waals surface area contributed by atoms with Crippen LogP contribution in [0.5, 0.6) is 0 Å². The average Bonchev–Trinajstić information content (AvgIpc) is 2.56. The van der Waals surface area contributed by atoms with E-state index in [1.807, 2.05) is 36.2 Å². The van der Waals surface area contributed by atoms with E-state index in [9.17, 15) is 0 Å². The summed E-state index contributed by atoms with van der Waals surface area (Å²) in [4.78, 5) is 4.66. The van der Waals surface area contributed by atoms with E-state index >= 15 is 0 Å². The van der Waals surface area contributed by atoms with E-state index in [1.165, 1.54) is 37.7 Å². The molecule has 1 atom stereocenters. The van der Waals surface area contributed by atoms with Crippen molar-refractivity contribution in [3.63, 3.8) is 0 Å². The Hall–Kier alpha value is -1.32. The van der Waals surface area contributed by atoms with Crippen LogP contribution < -0.4 is 5.73 Å². The Morgan fingerprint density at radius 2 is 1.86 bits per heavy atom. The minimum absolute atomic E-state index is 0.0950. The van der Waals surface area contributed by atoms with E-state index in [0.29, 0.717) is 0 Å². The van der Waals surface area contributed by atoms with Gasteiger partial charge in [0.15, 0.2) is 0 Å². The molecule has 0 saturated heterocycles. The zero-order valence-corrected chi connectivity index (χ0v) is 14.0. The maximum Gasteiger partial charge on any atom is 0.0965 e. The summed E-state index contributed by atoms with van der Waals surface area (Å²) >= 11 is 1.94. The molecule has 1 aliphatic rings. The molecule has 1 aliphatic carbocycles. The standard InChI is InChI=1S/C19H24N2S/c1-14-12-18(22-16-10-6-3-7-11-16)21-13-17(14)19(20)15-8-4-2-5-9-15/h2,4-5,8-9,12-13,16,19H,3,6-7,10-11,20H2,1H3/t19-/m0/s1. The Balaban J connectivity index is 1.74. The quantitative estimate of drug-likeness (QED) is 0.876. The smallest absolute Gasteiger partial charge is 0.0965 e. The first kappa shape index (κ1) is 15.6. The second-order valence-electron chi connectivity index (χ2n) is 6.15. The van der Waals surface area contributed by atoms with Crippen molar-refractivity contribution in [2.75, 3.05) is 0 Å². The number of aromatic nitrogens is 1. The molecule has 1 heterocycles. The molecular formula is C19H24N2S. The van der Waals surface area contributed by atoms with Gasteiger partial charge in [0, 0.05) is 11.4 Å². The van der Waals surface area contributed by atoms with Gasteiger partial charge in [-0.1, -0.05) is 49.6 Å². The first-order valence-electron chi connectivity index (χ1n) is 8.18. The van der Waals surface area contributed by atoms with Crippen LogP contribution in [0, 0.1) is 6.92 Å². The summed E-state index contributed by atoms with van der Waals surface area (Å²) < 4.78 is 0. The van der Waals surface area contributed by atoms with Gasteiger partial charge in [0.2, 0.25) is 0 Å². The van der Waals surface area contributed by atoms with Crippen molar-refractivity contribution in [1.82, 2.24) is 4.98 Å². The van der Waals surface area contributed by atoms with Gasteiger partial charge in [0.05, 0.1) is 11.1 Å². The highest BCUT2D eigenvalue weighted by Crippen LogP contribution is 2.34. The third-order valence-corrected chi connectivity index (χ3v) is 5.73. The van der Waals surface area contributed by atoms with Gasteiger partial charge in [-0.2, -0.15) is 0 Å². The van der Waals surface area contributed by atoms with E-state index < -0.39 is 0 Å². The third-order valence-electron chi connectivity index (χ3n) is 4.46. The van der Waals surface area contributed by atoms with Crippen LogP contribution in [0.15, 0.2) is 47.6 Å². The van der Waals surface area contributed by atoms with Gasteiger partial charge >= 0.3 is 0 Å². The van der Waals surface area contributed by atoms with Crippen LogP contribution in [0.25, 0.3) is 0 Å². The lowest BCUT2D eigenvalue weighted by atomic mass is 9.98. The predicted molar refractivity (Wildman–Crippen MR) is 94.2 cm³/mol. The molecule has 0 amide bonds. The molecule has 1 aromatic heterocycles. The van der Waals surface area contributed by atoms with Crippen molar-refractivity contribution in [1.29, 1.82) is 0 Å². The molecule has 0 aliphatic heterocycles. The Bertz CT molecular complexity index is 606. The lowest BCUT2D eigenvalue weighted by Crippen LogP contribution is -2.14. The summed E-state index contributed by atoms with van der Waals surface area (Å²) in [5.41, 5.74) is 9.91. The number of pyridine rings is 1. The highest BCUT2D eigenvalue weighted by atomic mass is 32.2. The molecule has 3 heteroatoms. The van der Waals surface area contributed by atoms with Crippen LogP contribution in [0.4, 0.5) is 0 Å². The van der Waals surface area contributed by atoms with E-state index in [-0.39, 0.29) is 6.04 Å². The Morgan fingerprint density at radius 1 is 1.14 bits per heavy atom. The molecule has 0 spiro atoms. The topological polar surface area (TPSA) is 38.9 Å². The fourth-order valence-corrected chi connectivity index (χ4v) is 4.39. The van der Waals surface area contributed by atoms with E-state index in [4.69, 9.17) is 5.73 Å². The lowest BCUT2D eigenvalue weighted by molar-refractivity contribution is 0.515. The Morgan fingerprint density at radius 3 is 2.55 bits per heavy atom.